The predicted octanol–water partition coefficient (Wildman–Crippen LogP) is 0.820. The third-order valence-corrected chi connectivity index (χ3v) is 2.98. The quantitative estimate of drug-likeness (QED) is 0.529. The van der Waals surface area contributed by atoms with Crippen LogP contribution in [0, 0.1) is 0 Å². The predicted molar refractivity (Wildman–Crippen MR) is 58.1 cm³/mol. The van der Waals surface area contributed by atoms with E-state index in [2.05, 4.69) is 36.2 Å². The second-order valence-electron chi connectivity index (χ2n) is 2.49. The maximum Gasteiger partial charge on any atom is 1.00 e. The Kier molecular flexibility index (Phi) is 4.56. The van der Waals surface area contributed by atoms with Crippen LogP contribution in [0.1, 0.15) is 1.43 Å². The van der Waals surface area contributed by atoms with E-state index in [-0.39, 0.29) is 31.0 Å². The van der Waals surface area contributed by atoms with E-state index in [1.807, 2.05) is 18.2 Å². The molecule has 0 aliphatic carbocycles. The summed E-state index contributed by atoms with van der Waals surface area (Å²) in [6, 6.07) is 12.3. The molecule has 62 valence electrons. The molecule has 3 heteroatoms. The van der Waals surface area contributed by atoms with E-state index < -0.39 is 0 Å². The van der Waals surface area contributed by atoms with Gasteiger partial charge in [-0.15, -0.1) is 24.0 Å². The minimum atomic E-state index is 0. The standard InChI is InChI=1S/C10H8S2.Na.H/c11-9-5-2-1-4-8(9)10-6-3-7-12-10;;/h1-7,11H;;/q;+1;-1. The van der Waals surface area contributed by atoms with Gasteiger partial charge in [-0.2, -0.15) is 0 Å². The van der Waals surface area contributed by atoms with Gasteiger partial charge in [-0.3, -0.25) is 0 Å². The molecule has 0 amide bonds. The summed E-state index contributed by atoms with van der Waals surface area (Å²) in [7, 11) is 0. The summed E-state index contributed by atoms with van der Waals surface area (Å²) in [4.78, 5) is 2.32. The van der Waals surface area contributed by atoms with Crippen LogP contribution < -0.4 is 29.6 Å². The number of thiol groups is 1. The van der Waals surface area contributed by atoms with Gasteiger partial charge in [0, 0.05) is 15.3 Å². The van der Waals surface area contributed by atoms with Crippen molar-refractivity contribution < 1.29 is 31.0 Å². The minimum Gasteiger partial charge on any atom is -1.00 e. The molecule has 0 nitrogen and oxygen atoms in total. The summed E-state index contributed by atoms with van der Waals surface area (Å²) in [6.07, 6.45) is 0. The number of rotatable bonds is 1. The third-order valence-electron chi connectivity index (χ3n) is 1.69. The first kappa shape index (κ1) is 11.3. The van der Waals surface area contributed by atoms with Gasteiger partial charge in [0.2, 0.25) is 0 Å². The summed E-state index contributed by atoms with van der Waals surface area (Å²) in [5.74, 6) is 0. The van der Waals surface area contributed by atoms with E-state index in [0.717, 1.165) is 4.90 Å². The van der Waals surface area contributed by atoms with Crippen molar-refractivity contribution in [1.82, 2.24) is 0 Å². The fourth-order valence-corrected chi connectivity index (χ4v) is 2.24. The molecular weight excluding hydrogens is 207 g/mol. The van der Waals surface area contributed by atoms with Gasteiger partial charge in [-0.05, 0) is 17.5 Å². The molecule has 0 fully saturated rings. The SMILES string of the molecule is Sc1ccccc1-c1cccs1.[H-].[Na+]. The summed E-state index contributed by atoms with van der Waals surface area (Å²) >= 11 is 6.13. The Bertz CT molecular complexity index is 373. The summed E-state index contributed by atoms with van der Waals surface area (Å²) < 4.78 is 0. The maximum atomic E-state index is 4.39. The van der Waals surface area contributed by atoms with Gasteiger partial charge in [0.25, 0.3) is 0 Å². The molecule has 0 unspecified atom stereocenters. The number of benzene rings is 1. The van der Waals surface area contributed by atoms with Gasteiger partial charge in [0.1, 0.15) is 0 Å². The molecular formula is C10H9NaS2. The molecule has 1 aromatic heterocycles. The first-order valence-corrected chi connectivity index (χ1v) is 5.02. The fraction of sp³-hybridized carbons (Fsp3) is 0. The Morgan fingerprint density at radius 2 is 1.85 bits per heavy atom. The first-order valence-electron chi connectivity index (χ1n) is 3.70. The summed E-state index contributed by atoms with van der Waals surface area (Å²) in [5.41, 5.74) is 1.22. The molecule has 0 N–H and O–H groups in total. The zero-order chi connectivity index (χ0) is 8.39. The smallest absolute Gasteiger partial charge is 1.00 e. The van der Waals surface area contributed by atoms with Crippen LogP contribution in [0.15, 0.2) is 46.7 Å². The number of hydrogen-bond donors (Lipinski definition) is 1. The van der Waals surface area contributed by atoms with Crippen LogP contribution in [0.5, 0.6) is 0 Å². The van der Waals surface area contributed by atoms with Crippen LogP contribution in [0.4, 0.5) is 0 Å². The molecule has 13 heavy (non-hydrogen) atoms. The Morgan fingerprint density at radius 1 is 1.08 bits per heavy atom. The van der Waals surface area contributed by atoms with Gasteiger partial charge in [-0.25, -0.2) is 0 Å². The van der Waals surface area contributed by atoms with Gasteiger partial charge >= 0.3 is 29.6 Å². The van der Waals surface area contributed by atoms with E-state index in [9.17, 15) is 0 Å². The Hall–Kier alpha value is 0.270. The molecule has 2 aromatic rings. The molecule has 0 saturated heterocycles. The first-order chi connectivity index (χ1) is 5.88. The van der Waals surface area contributed by atoms with E-state index in [4.69, 9.17) is 0 Å². The van der Waals surface area contributed by atoms with Crippen LogP contribution in [0.2, 0.25) is 0 Å². The number of hydrogen-bond acceptors (Lipinski definition) is 2. The second-order valence-corrected chi connectivity index (χ2v) is 3.92. The fourth-order valence-electron chi connectivity index (χ4n) is 1.11. The average Bonchev–Trinajstić information content (AvgIpc) is 2.57. The molecule has 0 spiro atoms. The zero-order valence-electron chi connectivity index (χ0n) is 8.40. The minimum absolute atomic E-state index is 0. The topological polar surface area (TPSA) is 0 Å². The van der Waals surface area contributed by atoms with Crippen molar-refractivity contribution in [2.75, 3.05) is 0 Å². The van der Waals surface area contributed by atoms with Crippen molar-refractivity contribution in [3.63, 3.8) is 0 Å². The van der Waals surface area contributed by atoms with Crippen molar-refractivity contribution in [3.05, 3.63) is 41.8 Å². The molecule has 0 radical (unpaired) electrons. The van der Waals surface area contributed by atoms with Crippen molar-refractivity contribution in [2.24, 2.45) is 0 Å². The van der Waals surface area contributed by atoms with E-state index in [1.54, 1.807) is 11.3 Å². The Morgan fingerprint density at radius 3 is 2.46 bits per heavy atom. The van der Waals surface area contributed by atoms with Crippen LogP contribution >= 0.6 is 24.0 Å². The van der Waals surface area contributed by atoms with Gasteiger partial charge < -0.3 is 1.43 Å². The molecule has 0 saturated carbocycles. The van der Waals surface area contributed by atoms with Crippen LogP contribution in [0.3, 0.4) is 0 Å². The summed E-state index contributed by atoms with van der Waals surface area (Å²) in [5, 5.41) is 2.08. The van der Waals surface area contributed by atoms with Gasteiger partial charge in [-0.1, -0.05) is 24.3 Å². The molecule has 1 heterocycles. The molecule has 0 aliphatic rings. The Balaban J connectivity index is 0.000000845. The van der Waals surface area contributed by atoms with Gasteiger partial charge in [0.15, 0.2) is 0 Å². The summed E-state index contributed by atoms with van der Waals surface area (Å²) in [6.45, 7) is 0. The van der Waals surface area contributed by atoms with Crippen LogP contribution in [-0.2, 0) is 0 Å². The third kappa shape index (κ3) is 2.61. The zero-order valence-corrected chi connectivity index (χ0v) is 11.1. The van der Waals surface area contributed by atoms with E-state index in [1.165, 1.54) is 10.4 Å². The van der Waals surface area contributed by atoms with Crippen LogP contribution in [0.25, 0.3) is 10.4 Å². The normalized spacial score (nSPS) is 9.31. The van der Waals surface area contributed by atoms with Crippen LogP contribution in [-0.4, -0.2) is 0 Å². The second kappa shape index (κ2) is 5.23. The molecule has 0 bridgehead atoms. The van der Waals surface area contributed by atoms with E-state index >= 15 is 0 Å². The van der Waals surface area contributed by atoms with Gasteiger partial charge in [0.05, 0.1) is 0 Å². The largest absolute Gasteiger partial charge is 1.00 e. The maximum absolute atomic E-state index is 4.39. The number of thiophene rings is 1. The van der Waals surface area contributed by atoms with E-state index in [0.29, 0.717) is 0 Å². The Labute approximate surface area is 111 Å². The van der Waals surface area contributed by atoms with Crippen molar-refractivity contribution in [1.29, 1.82) is 0 Å². The van der Waals surface area contributed by atoms with Crippen molar-refractivity contribution in [3.8, 4) is 10.4 Å². The average molecular weight is 216 g/mol. The van der Waals surface area contributed by atoms with Crippen molar-refractivity contribution in [2.45, 2.75) is 4.90 Å². The molecule has 0 aliphatic heterocycles. The monoisotopic (exact) mass is 216 g/mol. The van der Waals surface area contributed by atoms with Crippen molar-refractivity contribution >= 4 is 24.0 Å². The molecule has 1 aromatic carbocycles. The molecule has 2 rings (SSSR count). The molecule has 0 atom stereocenters.